The van der Waals surface area contributed by atoms with Crippen LogP contribution in [0.1, 0.15) is 29.5 Å². The maximum atomic E-state index is 12.7. The summed E-state index contributed by atoms with van der Waals surface area (Å²) in [6.45, 7) is 4.26. The molecule has 33 heavy (non-hydrogen) atoms. The lowest BCUT2D eigenvalue weighted by molar-refractivity contribution is -0.126. The van der Waals surface area contributed by atoms with Gasteiger partial charge in [-0.15, -0.1) is 0 Å². The van der Waals surface area contributed by atoms with Crippen LogP contribution in [-0.4, -0.2) is 33.4 Å². The van der Waals surface area contributed by atoms with Crippen molar-refractivity contribution in [2.45, 2.75) is 32.5 Å². The van der Waals surface area contributed by atoms with Crippen LogP contribution in [0.25, 0.3) is 10.8 Å². The lowest BCUT2D eigenvalue weighted by Crippen LogP contribution is -2.40. The summed E-state index contributed by atoms with van der Waals surface area (Å²) < 4.78 is 2.05. The molecule has 1 N–H and O–H groups in total. The number of imidazole rings is 1. The van der Waals surface area contributed by atoms with Gasteiger partial charge >= 0.3 is 0 Å². The number of fused-ring (bicyclic) bond motifs is 1. The highest BCUT2D eigenvalue weighted by atomic mass is 16.1. The molecule has 1 saturated heterocycles. The van der Waals surface area contributed by atoms with Gasteiger partial charge in [0, 0.05) is 37.9 Å². The Morgan fingerprint density at radius 3 is 2.45 bits per heavy atom. The Morgan fingerprint density at radius 1 is 0.909 bits per heavy atom. The number of hydrogen-bond acceptors (Lipinski definition) is 3. The van der Waals surface area contributed by atoms with Gasteiger partial charge < -0.3 is 9.88 Å². The zero-order chi connectivity index (χ0) is 22.5. The number of hydrogen-bond donors (Lipinski definition) is 1. The topological polar surface area (TPSA) is 50.2 Å². The molecule has 5 nitrogen and oxygen atoms in total. The second kappa shape index (κ2) is 10.0. The molecule has 0 atom stereocenters. The van der Waals surface area contributed by atoms with Crippen LogP contribution in [0, 0.1) is 5.92 Å². The molecule has 5 rings (SSSR count). The molecule has 1 aliphatic heterocycles. The van der Waals surface area contributed by atoms with Crippen LogP contribution in [0.2, 0.25) is 0 Å². The van der Waals surface area contributed by atoms with Gasteiger partial charge in [0.15, 0.2) is 0 Å². The highest BCUT2D eigenvalue weighted by molar-refractivity contribution is 5.85. The van der Waals surface area contributed by atoms with Gasteiger partial charge in [0.25, 0.3) is 0 Å². The highest BCUT2D eigenvalue weighted by Crippen LogP contribution is 2.23. The van der Waals surface area contributed by atoms with Crippen molar-refractivity contribution < 1.29 is 4.79 Å². The first kappa shape index (κ1) is 21.4. The standard InChI is InChI=1S/C28H30N4O/c33-28(30-18-22-8-10-23(11-9-22)19-32-17-14-29-21-32)25-12-15-31(16-13-25)20-26-6-3-5-24-4-1-2-7-27(24)26/h1-11,14,17,21,25H,12-13,15-16,18-20H2,(H,30,33). The third-order valence-electron chi connectivity index (χ3n) is 6.65. The van der Waals surface area contributed by atoms with E-state index in [2.05, 4.69) is 81.9 Å². The number of nitrogens with one attached hydrogen (secondary N) is 1. The van der Waals surface area contributed by atoms with E-state index in [9.17, 15) is 4.79 Å². The van der Waals surface area contributed by atoms with Crippen LogP contribution in [-0.2, 0) is 24.4 Å². The van der Waals surface area contributed by atoms with E-state index >= 15 is 0 Å². The molecule has 0 unspecified atom stereocenters. The summed E-state index contributed by atoms with van der Waals surface area (Å²) in [5.74, 6) is 0.289. The minimum Gasteiger partial charge on any atom is -0.352 e. The molecular formula is C28H30N4O. The Kier molecular flexibility index (Phi) is 6.49. The Balaban J connectivity index is 1.09. The van der Waals surface area contributed by atoms with Crippen molar-refractivity contribution in [3.8, 4) is 0 Å². The summed E-state index contributed by atoms with van der Waals surface area (Å²) in [4.78, 5) is 19.3. The van der Waals surface area contributed by atoms with Gasteiger partial charge in [-0.1, -0.05) is 66.7 Å². The van der Waals surface area contributed by atoms with Crippen molar-refractivity contribution in [3.63, 3.8) is 0 Å². The van der Waals surface area contributed by atoms with Crippen LogP contribution in [0.4, 0.5) is 0 Å². The first-order chi connectivity index (χ1) is 16.2. The molecule has 168 valence electrons. The number of nitrogens with zero attached hydrogens (tertiary/aromatic N) is 3. The van der Waals surface area contributed by atoms with Crippen LogP contribution >= 0.6 is 0 Å². The van der Waals surface area contributed by atoms with Crippen LogP contribution in [0.15, 0.2) is 85.5 Å². The average molecular weight is 439 g/mol. The van der Waals surface area contributed by atoms with Crippen molar-refractivity contribution in [2.24, 2.45) is 5.92 Å². The fourth-order valence-corrected chi connectivity index (χ4v) is 4.71. The van der Waals surface area contributed by atoms with Crippen molar-refractivity contribution >= 4 is 16.7 Å². The molecule has 0 radical (unpaired) electrons. The minimum atomic E-state index is 0.106. The highest BCUT2D eigenvalue weighted by Gasteiger charge is 2.25. The van der Waals surface area contributed by atoms with E-state index in [4.69, 9.17) is 0 Å². The number of benzene rings is 3. The summed E-state index contributed by atoms with van der Waals surface area (Å²) in [5, 5.41) is 5.77. The third-order valence-corrected chi connectivity index (χ3v) is 6.65. The predicted molar refractivity (Wildman–Crippen MR) is 132 cm³/mol. The van der Waals surface area contributed by atoms with Crippen molar-refractivity contribution in [1.29, 1.82) is 0 Å². The first-order valence-corrected chi connectivity index (χ1v) is 11.7. The normalized spacial score (nSPS) is 15.0. The van der Waals surface area contributed by atoms with Gasteiger partial charge in [-0.05, 0) is 53.4 Å². The first-order valence-electron chi connectivity index (χ1n) is 11.7. The van der Waals surface area contributed by atoms with Gasteiger partial charge in [0.05, 0.1) is 6.33 Å². The van der Waals surface area contributed by atoms with Crippen molar-refractivity contribution in [1.82, 2.24) is 19.8 Å². The quantitative estimate of drug-likeness (QED) is 0.458. The van der Waals surface area contributed by atoms with E-state index in [1.165, 1.54) is 21.9 Å². The van der Waals surface area contributed by atoms with E-state index in [0.29, 0.717) is 6.54 Å². The predicted octanol–water partition coefficient (Wildman–Crippen LogP) is 4.61. The Morgan fingerprint density at radius 2 is 1.67 bits per heavy atom. The second-order valence-corrected chi connectivity index (χ2v) is 8.96. The minimum absolute atomic E-state index is 0.106. The second-order valence-electron chi connectivity index (χ2n) is 8.96. The van der Waals surface area contributed by atoms with Crippen LogP contribution < -0.4 is 5.32 Å². The molecule has 1 amide bonds. The number of amides is 1. The molecule has 1 fully saturated rings. The fourth-order valence-electron chi connectivity index (χ4n) is 4.71. The lowest BCUT2D eigenvalue weighted by atomic mass is 9.95. The number of likely N-dealkylation sites (tertiary alicyclic amines) is 1. The molecule has 1 aromatic heterocycles. The SMILES string of the molecule is O=C(NCc1ccc(Cn2ccnc2)cc1)C1CCN(Cc2cccc3ccccc23)CC1. The van der Waals surface area contributed by atoms with E-state index in [1.807, 2.05) is 17.1 Å². The summed E-state index contributed by atoms with van der Waals surface area (Å²) in [7, 11) is 0. The van der Waals surface area contributed by atoms with E-state index in [0.717, 1.165) is 44.6 Å². The Hall–Kier alpha value is -3.44. The van der Waals surface area contributed by atoms with Crippen LogP contribution in [0.3, 0.4) is 0 Å². The van der Waals surface area contributed by atoms with Gasteiger partial charge in [0.1, 0.15) is 0 Å². The summed E-state index contributed by atoms with van der Waals surface area (Å²) in [6.07, 6.45) is 7.40. The molecular weight excluding hydrogens is 408 g/mol. The lowest BCUT2D eigenvalue weighted by Gasteiger charge is -2.31. The Bertz CT molecular complexity index is 1190. The molecule has 0 bridgehead atoms. The van der Waals surface area contributed by atoms with E-state index in [1.54, 1.807) is 6.20 Å². The average Bonchev–Trinajstić information content (AvgIpc) is 3.37. The van der Waals surface area contributed by atoms with Crippen LogP contribution in [0.5, 0.6) is 0 Å². The zero-order valence-corrected chi connectivity index (χ0v) is 18.9. The number of carbonyl (C=O) groups is 1. The smallest absolute Gasteiger partial charge is 0.223 e. The molecule has 4 aromatic rings. The van der Waals surface area contributed by atoms with Crippen molar-refractivity contribution in [3.05, 3.63) is 102 Å². The van der Waals surface area contributed by atoms with Crippen molar-refractivity contribution in [2.75, 3.05) is 13.1 Å². The zero-order valence-electron chi connectivity index (χ0n) is 18.9. The summed E-state index contributed by atoms with van der Waals surface area (Å²) in [5.41, 5.74) is 3.72. The third kappa shape index (κ3) is 5.32. The molecule has 3 aromatic carbocycles. The van der Waals surface area contributed by atoms with E-state index in [-0.39, 0.29) is 11.8 Å². The molecule has 1 aliphatic rings. The van der Waals surface area contributed by atoms with Gasteiger partial charge in [0.2, 0.25) is 5.91 Å². The summed E-state index contributed by atoms with van der Waals surface area (Å²) >= 11 is 0. The molecule has 0 saturated carbocycles. The molecule has 0 aliphatic carbocycles. The molecule has 5 heteroatoms. The Labute approximate surface area is 195 Å². The van der Waals surface area contributed by atoms with E-state index < -0.39 is 0 Å². The van der Waals surface area contributed by atoms with Gasteiger partial charge in [-0.2, -0.15) is 0 Å². The van der Waals surface area contributed by atoms with Gasteiger partial charge in [-0.25, -0.2) is 4.98 Å². The largest absolute Gasteiger partial charge is 0.352 e. The number of carbonyl (C=O) groups excluding carboxylic acids is 1. The summed E-state index contributed by atoms with van der Waals surface area (Å²) in [6, 6.07) is 23.5. The maximum absolute atomic E-state index is 12.7. The molecule has 0 spiro atoms. The monoisotopic (exact) mass is 438 g/mol. The maximum Gasteiger partial charge on any atom is 0.223 e. The molecule has 2 heterocycles. The number of rotatable bonds is 7. The number of piperidine rings is 1. The number of aromatic nitrogens is 2. The fraction of sp³-hybridized carbons (Fsp3) is 0.286. The van der Waals surface area contributed by atoms with Gasteiger partial charge in [-0.3, -0.25) is 9.69 Å².